The molecule has 1 N–H and O–H groups in total. The monoisotopic (exact) mass is 305 g/mol. The molecule has 0 fully saturated rings. The Kier molecular flexibility index (Phi) is 4.39. The highest BCUT2D eigenvalue weighted by atomic mass is 79.9. The molecule has 0 aliphatic rings. The smallest absolute Gasteiger partial charge is 0.127 e. The first kappa shape index (κ1) is 13.1. The molecule has 0 bridgehead atoms. The van der Waals surface area contributed by atoms with Gasteiger partial charge in [-0.15, -0.1) is 0 Å². The maximum absolute atomic E-state index is 5.85. The highest BCUT2D eigenvalue weighted by Crippen LogP contribution is 2.26. The van der Waals surface area contributed by atoms with Crippen LogP contribution in [0.1, 0.15) is 11.1 Å². The van der Waals surface area contributed by atoms with Crippen LogP contribution < -0.4 is 10.1 Å². The summed E-state index contributed by atoms with van der Waals surface area (Å²) in [6.45, 7) is 2.89. The molecule has 2 rings (SSSR count). The Balaban J connectivity index is 2.17. The van der Waals surface area contributed by atoms with Gasteiger partial charge >= 0.3 is 0 Å². The van der Waals surface area contributed by atoms with E-state index in [1.165, 1.54) is 11.1 Å². The molecule has 2 aromatic carbocycles. The minimum atomic E-state index is 0.844. The predicted octanol–water partition coefficient (Wildman–Crippen LogP) is 4.27. The van der Waals surface area contributed by atoms with Crippen molar-refractivity contribution < 1.29 is 4.74 Å². The van der Waals surface area contributed by atoms with Gasteiger partial charge in [-0.3, -0.25) is 0 Å². The Bertz CT molecular complexity index is 540. The van der Waals surface area contributed by atoms with Crippen molar-refractivity contribution in [3.8, 4) is 11.5 Å². The molecule has 3 heteroatoms. The number of hydrogen-bond acceptors (Lipinski definition) is 2. The van der Waals surface area contributed by atoms with E-state index in [0.29, 0.717) is 0 Å². The first-order chi connectivity index (χ1) is 8.69. The molecule has 0 unspecified atom stereocenters. The van der Waals surface area contributed by atoms with Crippen LogP contribution in [0.5, 0.6) is 11.5 Å². The van der Waals surface area contributed by atoms with Crippen molar-refractivity contribution in [3.05, 3.63) is 58.1 Å². The van der Waals surface area contributed by atoms with Crippen molar-refractivity contribution in [2.75, 3.05) is 7.05 Å². The van der Waals surface area contributed by atoms with Gasteiger partial charge in [0.1, 0.15) is 11.5 Å². The van der Waals surface area contributed by atoms with E-state index in [1.54, 1.807) is 0 Å². The molecule has 18 heavy (non-hydrogen) atoms. The largest absolute Gasteiger partial charge is 0.457 e. The molecular formula is C15H16BrNO. The summed E-state index contributed by atoms with van der Waals surface area (Å²) in [5.74, 6) is 1.72. The molecule has 0 aliphatic carbocycles. The van der Waals surface area contributed by atoms with E-state index in [4.69, 9.17) is 4.74 Å². The average molecular weight is 306 g/mol. The summed E-state index contributed by atoms with van der Waals surface area (Å²) in [6.07, 6.45) is 0. The van der Waals surface area contributed by atoms with E-state index in [9.17, 15) is 0 Å². The lowest BCUT2D eigenvalue weighted by atomic mass is 10.2. The highest BCUT2D eigenvalue weighted by molar-refractivity contribution is 9.10. The summed E-state index contributed by atoms with van der Waals surface area (Å²) < 4.78 is 6.95. The maximum atomic E-state index is 5.85. The standard InChI is InChI=1S/C15H16BrNO/c1-11-8-14(6-7-15(11)16)18-13-5-3-4-12(9-13)10-17-2/h3-9,17H,10H2,1-2H3. The van der Waals surface area contributed by atoms with E-state index < -0.39 is 0 Å². The van der Waals surface area contributed by atoms with Crippen molar-refractivity contribution >= 4 is 15.9 Å². The van der Waals surface area contributed by atoms with Crippen LogP contribution in [-0.2, 0) is 6.54 Å². The molecule has 0 spiro atoms. The number of rotatable bonds is 4. The number of benzene rings is 2. The van der Waals surface area contributed by atoms with E-state index in [2.05, 4.69) is 27.3 Å². The number of aryl methyl sites for hydroxylation is 1. The van der Waals surface area contributed by atoms with Gasteiger partial charge < -0.3 is 10.1 Å². The lowest BCUT2D eigenvalue weighted by Gasteiger charge is -2.09. The zero-order valence-electron chi connectivity index (χ0n) is 10.5. The third kappa shape index (κ3) is 3.34. The Hall–Kier alpha value is -1.32. The van der Waals surface area contributed by atoms with Crippen LogP contribution in [0.15, 0.2) is 46.9 Å². The number of halogens is 1. The van der Waals surface area contributed by atoms with Crippen LogP contribution in [0.4, 0.5) is 0 Å². The molecule has 0 atom stereocenters. The molecule has 0 radical (unpaired) electrons. The quantitative estimate of drug-likeness (QED) is 0.911. The van der Waals surface area contributed by atoms with Crippen LogP contribution >= 0.6 is 15.9 Å². The van der Waals surface area contributed by atoms with Crippen LogP contribution in [0.2, 0.25) is 0 Å². The summed E-state index contributed by atoms with van der Waals surface area (Å²) in [5, 5.41) is 3.13. The second-order valence-corrected chi connectivity index (χ2v) is 5.05. The van der Waals surface area contributed by atoms with Crippen molar-refractivity contribution in [2.24, 2.45) is 0 Å². The Labute approximate surface area is 116 Å². The normalized spacial score (nSPS) is 10.4. The van der Waals surface area contributed by atoms with Gasteiger partial charge in [0.2, 0.25) is 0 Å². The molecule has 2 aromatic rings. The first-order valence-electron chi connectivity index (χ1n) is 5.86. The molecular weight excluding hydrogens is 290 g/mol. The summed E-state index contributed by atoms with van der Waals surface area (Å²) in [5.41, 5.74) is 2.38. The first-order valence-corrected chi connectivity index (χ1v) is 6.66. The van der Waals surface area contributed by atoms with Crippen LogP contribution in [0, 0.1) is 6.92 Å². The van der Waals surface area contributed by atoms with E-state index in [-0.39, 0.29) is 0 Å². The van der Waals surface area contributed by atoms with Gasteiger partial charge in [-0.1, -0.05) is 28.1 Å². The van der Waals surface area contributed by atoms with E-state index >= 15 is 0 Å². The van der Waals surface area contributed by atoms with Crippen molar-refractivity contribution in [1.82, 2.24) is 5.32 Å². The Morgan fingerprint density at radius 2 is 1.89 bits per heavy atom. The zero-order valence-corrected chi connectivity index (χ0v) is 12.1. The second kappa shape index (κ2) is 6.03. The van der Waals surface area contributed by atoms with Gasteiger partial charge in [-0.25, -0.2) is 0 Å². The highest BCUT2D eigenvalue weighted by Gasteiger charge is 2.01. The summed E-state index contributed by atoms with van der Waals surface area (Å²) in [4.78, 5) is 0. The van der Waals surface area contributed by atoms with Gasteiger partial charge in [0.25, 0.3) is 0 Å². The third-order valence-electron chi connectivity index (χ3n) is 2.64. The van der Waals surface area contributed by atoms with Crippen molar-refractivity contribution in [3.63, 3.8) is 0 Å². The van der Waals surface area contributed by atoms with Crippen molar-refractivity contribution in [1.29, 1.82) is 0 Å². The van der Waals surface area contributed by atoms with Gasteiger partial charge in [0.15, 0.2) is 0 Å². The fourth-order valence-electron chi connectivity index (χ4n) is 1.74. The lowest BCUT2D eigenvalue weighted by Crippen LogP contribution is -2.04. The zero-order chi connectivity index (χ0) is 13.0. The summed E-state index contributed by atoms with van der Waals surface area (Å²) in [7, 11) is 1.94. The van der Waals surface area contributed by atoms with Crippen LogP contribution in [-0.4, -0.2) is 7.05 Å². The minimum Gasteiger partial charge on any atom is -0.457 e. The fraction of sp³-hybridized carbons (Fsp3) is 0.200. The Morgan fingerprint density at radius 3 is 2.61 bits per heavy atom. The summed E-state index contributed by atoms with van der Waals surface area (Å²) >= 11 is 3.48. The Morgan fingerprint density at radius 1 is 1.11 bits per heavy atom. The lowest BCUT2D eigenvalue weighted by molar-refractivity contribution is 0.481. The van der Waals surface area contributed by atoms with E-state index in [1.807, 2.05) is 50.4 Å². The van der Waals surface area contributed by atoms with Gasteiger partial charge in [-0.2, -0.15) is 0 Å². The number of nitrogens with one attached hydrogen (secondary N) is 1. The third-order valence-corrected chi connectivity index (χ3v) is 3.53. The van der Waals surface area contributed by atoms with E-state index in [0.717, 1.165) is 22.5 Å². The molecule has 0 heterocycles. The minimum absolute atomic E-state index is 0.844. The average Bonchev–Trinajstić information content (AvgIpc) is 2.35. The molecule has 0 amide bonds. The number of hydrogen-bond donors (Lipinski definition) is 1. The maximum Gasteiger partial charge on any atom is 0.127 e. The van der Waals surface area contributed by atoms with Crippen LogP contribution in [0.25, 0.3) is 0 Å². The number of ether oxygens (including phenoxy) is 1. The summed E-state index contributed by atoms with van der Waals surface area (Å²) in [6, 6.07) is 14.1. The molecule has 0 aliphatic heterocycles. The predicted molar refractivity (Wildman–Crippen MR) is 78.2 cm³/mol. The van der Waals surface area contributed by atoms with Gasteiger partial charge in [0, 0.05) is 11.0 Å². The topological polar surface area (TPSA) is 21.3 Å². The molecule has 0 saturated heterocycles. The second-order valence-electron chi connectivity index (χ2n) is 4.19. The van der Waals surface area contributed by atoms with Gasteiger partial charge in [-0.05, 0) is 55.4 Å². The fourth-order valence-corrected chi connectivity index (χ4v) is 1.99. The molecule has 94 valence electrons. The van der Waals surface area contributed by atoms with Gasteiger partial charge in [0.05, 0.1) is 0 Å². The van der Waals surface area contributed by atoms with Crippen LogP contribution in [0.3, 0.4) is 0 Å². The molecule has 2 nitrogen and oxygen atoms in total. The molecule has 0 saturated carbocycles. The SMILES string of the molecule is CNCc1cccc(Oc2ccc(Br)c(C)c2)c1. The molecule has 0 aromatic heterocycles. The van der Waals surface area contributed by atoms with Crippen molar-refractivity contribution in [2.45, 2.75) is 13.5 Å².